The monoisotopic (exact) mass is 421 g/mol. The molecule has 0 radical (unpaired) electrons. The van der Waals surface area contributed by atoms with E-state index >= 15 is 0 Å². The van der Waals surface area contributed by atoms with Gasteiger partial charge in [0.05, 0.1) is 0 Å². The van der Waals surface area contributed by atoms with Crippen LogP contribution in [0.15, 0.2) is 18.2 Å². The van der Waals surface area contributed by atoms with Gasteiger partial charge in [-0.2, -0.15) is 0 Å². The molecule has 5 nitrogen and oxygen atoms in total. The summed E-state index contributed by atoms with van der Waals surface area (Å²) < 4.78 is 16.3. The maximum Gasteiger partial charge on any atom is 0.695 e. The van der Waals surface area contributed by atoms with Crippen LogP contribution in [0.25, 0.3) is 6.08 Å². The summed E-state index contributed by atoms with van der Waals surface area (Å²) in [5.41, 5.74) is 2.07. The van der Waals surface area contributed by atoms with Crippen molar-refractivity contribution >= 4 is 20.1 Å². The predicted molar refractivity (Wildman–Crippen MR) is 116 cm³/mol. The highest BCUT2D eigenvalue weighted by molar-refractivity contribution is 7.32. The molecule has 0 aliphatic heterocycles. The number of hydrogen-bond donors (Lipinski definition) is 2. The number of benzene rings is 1. The summed E-state index contributed by atoms with van der Waals surface area (Å²) in [6, 6.07) is 3.92. The zero-order valence-electron chi connectivity index (χ0n) is 18.4. The Morgan fingerprint density at radius 2 is 1.72 bits per heavy atom. The lowest BCUT2D eigenvalue weighted by Crippen LogP contribution is -2.28. The summed E-state index contributed by atoms with van der Waals surface area (Å²) in [5.74, 6) is -0.230. The predicted octanol–water partition coefficient (Wildman–Crippen LogP) is 5.79. The van der Waals surface area contributed by atoms with Crippen LogP contribution in [0.5, 0.6) is 5.75 Å². The Morgan fingerprint density at radius 1 is 1.14 bits per heavy atom. The molecule has 160 valence electrons. The number of hydrogen-bond acceptors (Lipinski definition) is 4. The fourth-order valence-electron chi connectivity index (χ4n) is 3.78. The number of phenolic OH excluding ortho intramolecular Hbond substituents is 1. The molecule has 1 aliphatic rings. The van der Waals surface area contributed by atoms with Gasteiger partial charge >= 0.3 is 8.25 Å². The lowest BCUT2D eigenvalue weighted by Gasteiger charge is -2.27. The first-order valence-corrected chi connectivity index (χ1v) is 11.4. The van der Waals surface area contributed by atoms with E-state index in [0.29, 0.717) is 5.56 Å². The van der Waals surface area contributed by atoms with Crippen LogP contribution in [0.3, 0.4) is 0 Å². The molecule has 29 heavy (non-hydrogen) atoms. The first-order chi connectivity index (χ1) is 13.3. The maximum absolute atomic E-state index is 12.8. The Kier molecular flexibility index (Phi) is 7.42. The van der Waals surface area contributed by atoms with Crippen LogP contribution in [-0.2, 0) is 24.7 Å². The number of phenols is 1. The van der Waals surface area contributed by atoms with E-state index in [-0.39, 0.29) is 28.3 Å². The van der Waals surface area contributed by atoms with Crippen LogP contribution in [-0.4, -0.2) is 21.9 Å². The summed E-state index contributed by atoms with van der Waals surface area (Å²) >= 11 is 0. The van der Waals surface area contributed by atoms with Crippen LogP contribution in [0, 0.1) is 5.92 Å². The van der Waals surface area contributed by atoms with Gasteiger partial charge in [-0.05, 0) is 53.4 Å². The van der Waals surface area contributed by atoms with E-state index in [4.69, 9.17) is 4.52 Å². The third-order valence-electron chi connectivity index (χ3n) is 5.55. The average Bonchev–Trinajstić information content (AvgIpc) is 3.10. The molecule has 1 aromatic rings. The Hall–Kier alpha value is -1.55. The van der Waals surface area contributed by atoms with E-state index in [9.17, 15) is 19.4 Å². The summed E-state index contributed by atoms with van der Waals surface area (Å²) in [6.07, 6.45) is 5.66. The third kappa shape index (κ3) is 6.21. The zero-order valence-corrected chi connectivity index (χ0v) is 19.3. The Morgan fingerprint density at radius 3 is 2.21 bits per heavy atom. The molecule has 1 aliphatic carbocycles. The van der Waals surface area contributed by atoms with Crippen LogP contribution in [0.4, 0.5) is 0 Å². The lowest BCUT2D eigenvalue weighted by molar-refractivity contribution is -0.123. The average molecular weight is 421 g/mol. The van der Waals surface area contributed by atoms with Gasteiger partial charge in [0.15, 0.2) is 11.9 Å². The normalized spacial score (nSPS) is 17.7. The standard InChI is InChI=1S/C23H33O5P/c1-22(2,3)17-13-16(20(25)18(14-17)23(4,5)6)11-12-19(24)21(28-29(26)27)15-9-7-8-10-15/h11-15,21H,7-10H2,1-6H3,(H-,24,25,26,27)/p+1. The Bertz CT molecular complexity index is 793. The van der Waals surface area contributed by atoms with Gasteiger partial charge in [-0.25, -0.2) is 0 Å². The van der Waals surface area contributed by atoms with E-state index in [2.05, 4.69) is 20.8 Å². The van der Waals surface area contributed by atoms with Gasteiger partial charge in [-0.15, -0.1) is 9.42 Å². The van der Waals surface area contributed by atoms with Crippen LogP contribution >= 0.6 is 8.25 Å². The van der Waals surface area contributed by atoms with Gasteiger partial charge in [0.1, 0.15) is 5.75 Å². The summed E-state index contributed by atoms with van der Waals surface area (Å²) in [6.45, 7) is 12.4. The van der Waals surface area contributed by atoms with Crippen molar-refractivity contribution in [2.45, 2.75) is 84.2 Å². The molecule has 2 rings (SSSR count). The molecule has 0 saturated heterocycles. The van der Waals surface area contributed by atoms with Crippen molar-refractivity contribution in [3.05, 3.63) is 34.9 Å². The zero-order chi connectivity index (χ0) is 22.0. The molecule has 1 fully saturated rings. The number of ketones is 1. The van der Waals surface area contributed by atoms with E-state index in [1.54, 1.807) is 6.08 Å². The molecule has 2 unspecified atom stereocenters. The molecule has 0 aromatic heterocycles. The third-order valence-corrected chi connectivity index (χ3v) is 5.96. The van der Waals surface area contributed by atoms with Gasteiger partial charge in [-0.1, -0.05) is 60.5 Å². The van der Waals surface area contributed by atoms with Crippen LogP contribution < -0.4 is 0 Å². The minimum absolute atomic E-state index is 0.0436. The van der Waals surface area contributed by atoms with Gasteiger partial charge in [0.25, 0.3) is 0 Å². The van der Waals surface area contributed by atoms with Crippen LogP contribution in [0.2, 0.25) is 0 Å². The summed E-state index contributed by atoms with van der Waals surface area (Å²) in [7, 11) is -2.85. The minimum Gasteiger partial charge on any atom is -0.507 e. The first kappa shape index (κ1) is 23.7. The molecule has 2 atom stereocenters. The molecular formula is C23H34O5P+. The minimum atomic E-state index is -2.85. The number of aromatic hydroxyl groups is 1. The fourth-order valence-corrected chi connectivity index (χ4v) is 4.25. The van der Waals surface area contributed by atoms with Gasteiger partial charge < -0.3 is 5.11 Å². The SMILES string of the molecule is CC(C)(C)c1cc(/C=C/C(=O)C(O[P+](=O)O)C2CCCC2)c(O)c(C(C)(C)C)c1. The first-order valence-electron chi connectivity index (χ1n) is 10.2. The van der Waals surface area contributed by atoms with Crippen molar-refractivity contribution in [2.24, 2.45) is 5.92 Å². The van der Waals surface area contributed by atoms with Gasteiger partial charge in [-0.3, -0.25) is 4.79 Å². The maximum atomic E-state index is 12.8. The summed E-state index contributed by atoms with van der Waals surface area (Å²) in [5, 5.41) is 10.8. The van der Waals surface area contributed by atoms with Gasteiger partial charge in [0, 0.05) is 15.7 Å². The van der Waals surface area contributed by atoms with Crippen LogP contribution in [0.1, 0.15) is 83.9 Å². The number of carbonyl (C=O) groups is 1. The second-order valence-electron chi connectivity index (χ2n) is 10.0. The van der Waals surface area contributed by atoms with Gasteiger partial charge in [0.2, 0.25) is 0 Å². The second-order valence-corrected chi connectivity index (χ2v) is 10.7. The quantitative estimate of drug-likeness (QED) is 0.448. The molecule has 0 bridgehead atoms. The van der Waals surface area contributed by atoms with E-state index < -0.39 is 14.4 Å². The Balaban J connectivity index is 2.41. The topological polar surface area (TPSA) is 83.8 Å². The smallest absolute Gasteiger partial charge is 0.507 e. The van der Waals surface area contributed by atoms with Crippen molar-refractivity contribution in [1.29, 1.82) is 0 Å². The molecular weight excluding hydrogens is 387 g/mol. The van der Waals surface area contributed by atoms with Crippen molar-refractivity contribution in [1.82, 2.24) is 0 Å². The number of carbonyl (C=O) groups excluding carboxylic acids is 1. The molecule has 2 N–H and O–H groups in total. The molecule has 1 saturated carbocycles. The molecule has 1 aromatic carbocycles. The van der Waals surface area contributed by atoms with Crippen molar-refractivity contribution in [2.75, 3.05) is 0 Å². The second kappa shape index (κ2) is 9.07. The summed E-state index contributed by atoms with van der Waals surface area (Å²) in [4.78, 5) is 22.0. The van der Waals surface area contributed by atoms with Crippen molar-refractivity contribution < 1.29 is 23.9 Å². The molecule has 0 heterocycles. The highest BCUT2D eigenvalue weighted by atomic mass is 31.1. The highest BCUT2D eigenvalue weighted by Crippen LogP contribution is 2.39. The van der Waals surface area contributed by atoms with Crippen molar-refractivity contribution in [3.63, 3.8) is 0 Å². The Labute approximate surface area is 175 Å². The molecule has 0 spiro atoms. The fraction of sp³-hybridized carbons (Fsp3) is 0.609. The van der Waals surface area contributed by atoms with Crippen molar-refractivity contribution in [3.8, 4) is 5.75 Å². The van der Waals surface area contributed by atoms with E-state index in [0.717, 1.165) is 36.8 Å². The van der Waals surface area contributed by atoms with E-state index in [1.165, 1.54) is 6.08 Å². The molecule has 6 heteroatoms. The highest BCUT2D eigenvalue weighted by Gasteiger charge is 2.37. The number of rotatable bonds is 6. The van der Waals surface area contributed by atoms with E-state index in [1.807, 2.05) is 32.9 Å². The molecule has 0 amide bonds. The lowest BCUT2D eigenvalue weighted by atomic mass is 9.79. The largest absolute Gasteiger partial charge is 0.695 e.